The minimum Gasteiger partial charge on any atom is -0.314 e. The first-order chi connectivity index (χ1) is 4.83. The Morgan fingerprint density at radius 1 is 1.20 bits per heavy atom. The Labute approximate surface area is 65.6 Å². The lowest BCUT2D eigenvalue weighted by atomic mass is 10.2. The SMILES string of the molecule is COSc1ccc(C)cc1. The molecule has 1 aromatic carbocycles. The zero-order valence-electron chi connectivity index (χ0n) is 6.13. The van der Waals surface area contributed by atoms with Gasteiger partial charge in [-0.25, -0.2) is 0 Å². The quantitative estimate of drug-likeness (QED) is 0.606. The highest BCUT2D eigenvalue weighted by Gasteiger charge is 1.89. The third-order valence-electron chi connectivity index (χ3n) is 1.20. The Morgan fingerprint density at radius 2 is 1.80 bits per heavy atom. The minimum absolute atomic E-state index is 1.15. The molecular formula is C8H10OS. The molecule has 0 saturated heterocycles. The van der Waals surface area contributed by atoms with E-state index in [2.05, 4.69) is 19.1 Å². The molecule has 0 spiro atoms. The van der Waals surface area contributed by atoms with Crippen LogP contribution in [0.5, 0.6) is 0 Å². The van der Waals surface area contributed by atoms with E-state index in [0.717, 1.165) is 4.90 Å². The molecule has 0 heterocycles. The van der Waals surface area contributed by atoms with E-state index >= 15 is 0 Å². The number of aryl methyl sites for hydroxylation is 1. The standard InChI is InChI=1S/C8H10OS/c1-7-3-5-8(6-4-7)10-9-2/h3-6H,1-2H3. The third kappa shape index (κ3) is 2.05. The Morgan fingerprint density at radius 3 is 2.30 bits per heavy atom. The van der Waals surface area contributed by atoms with E-state index in [1.807, 2.05) is 12.1 Å². The van der Waals surface area contributed by atoms with Crippen LogP contribution in [0.15, 0.2) is 29.2 Å². The van der Waals surface area contributed by atoms with Crippen LogP contribution >= 0.6 is 12.0 Å². The second-order valence-electron chi connectivity index (χ2n) is 2.06. The first-order valence-electron chi connectivity index (χ1n) is 3.10. The largest absolute Gasteiger partial charge is 0.314 e. The molecule has 54 valence electrons. The van der Waals surface area contributed by atoms with Crippen molar-refractivity contribution in [1.82, 2.24) is 0 Å². The molecule has 0 fully saturated rings. The van der Waals surface area contributed by atoms with Crippen LogP contribution in [-0.4, -0.2) is 7.11 Å². The predicted octanol–water partition coefficient (Wildman–Crippen LogP) is 2.65. The lowest BCUT2D eigenvalue weighted by molar-refractivity contribution is 0.490. The number of hydrogen-bond donors (Lipinski definition) is 0. The maximum absolute atomic E-state index is 4.88. The highest BCUT2D eigenvalue weighted by molar-refractivity contribution is 7.94. The number of benzene rings is 1. The summed E-state index contributed by atoms with van der Waals surface area (Å²) in [6.07, 6.45) is 0. The van der Waals surface area contributed by atoms with Crippen LogP contribution in [0.2, 0.25) is 0 Å². The fourth-order valence-electron chi connectivity index (χ4n) is 0.690. The molecule has 1 aromatic rings. The van der Waals surface area contributed by atoms with E-state index in [1.54, 1.807) is 7.11 Å². The summed E-state index contributed by atoms with van der Waals surface area (Å²) in [5.41, 5.74) is 1.28. The van der Waals surface area contributed by atoms with E-state index in [9.17, 15) is 0 Å². The fourth-order valence-corrected chi connectivity index (χ4v) is 1.13. The van der Waals surface area contributed by atoms with Gasteiger partial charge in [0.1, 0.15) is 0 Å². The summed E-state index contributed by atoms with van der Waals surface area (Å²) in [5.74, 6) is 0. The van der Waals surface area contributed by atoms with Crippen LogP contribution < -0.4 is 0 Å². The molecule has 0 amide bonds. The first kappa shape index (κ1) is 7.63. The average molecular weight is 154 g/mol. The van der Waals surface area contributed by atoms with Crippen molar-refractivity contribution in [2.24, 2.45) is 0 Å². The van der Waals surface area contributed by atoms with Gasteiger partial charge < -0.3 is 4.18 Å². The van der Waals surface area contributed by atoms with Crippen molar-refractivity contribution in [3.8, 4) is 0 Å². The normalized spacial score (nSPS) is 9.80. The lowest BCUT2D eigenvalue weighted by Crippen LogP contribution is -1.73. The number of hydrogen-bond acceptors (Lipinski definition) is 2. The summed E-state index contributed by atoms with van der Waals surface area (Å²) in [6, 6.07) is 8.23. The molecule has 1 rings (SSSR count). The van der Waals surface area contributed by atoms with Gasteiger partial charge in [0.05, 0.1) is 7.11 Å². The molecule has 0 aliphatic carbocycles. The van der Waals surface area contributed by atoms with Crippen LogP contribution in [0.1, 0.15) is 5.56 Å². The van der Waals surface area contributed by atoms with Gasteiger partial charge >= 0.3 is 0 Å². The highest BCUT2D eigenvalue weighted by Crippen LogP contribution is 2.17. The summed E-state index contributed by atoms with van der Waals surface area (Å²) >= 11 is 1.38. The maximum Gasteiger partial charge on any atom is 0.0508 e. The minimum atomic E-state index is 1.15. The van der Waals surface area contributed by atoms with Crippen LogP contribution in [-0.2, 0) is 4.18 Å². The zero-order valence-corrected chi connectivity index (χ0v) is 6.94. The Balaban J connectivity index is 2.69. The molecule has 0 aliphatic rings. The van der Waals surface area contributed by atoms with Crippen molar-refractivity contribution in [2.45, 2.75) is 11.8 Å². The summed E-state index contributed by atoms with van der Waals surface area (Å²) in [5, 5.41) is 0. The van der Waals surface area contributed by atoms with Gasteiger partial charge in [0.2, 0.25) is 0 Å². The van der Waals surface area contributed by atoms with Crippen molar-refractivity contribution >= 4 is 12.0 Å². The van der Waals surface area contributed by atoms with Gasteiger partial charge in [0.15, 0.2) is 0 Å². The molecular weight excluding hydrogens is 144 g/mol. The van der Waals surface area contributed by atoms with Gasteiger partial charge in [-0.05, 0) is 19.1 Å². The van der Waals surface area contributed by atoms with Crippen molar-refractivity contribution < 1.29 is 4.18 Å². The second kappa shape index (κ2) is 3.64. The Kier molecular flexibility index (Phi) is 2.78. The van der Waals surface area contributed by atoms with Gasteiger partial charge in [-0.3, -0.25) is 0 Å². The van der Waals surface area contributed by atoms with Gasteiger partial charge in [-0.15, -0.1) is 0 Å². The molecule has 0 atom stereocenters. The first-order valence-corrected chi connectivity index (χ1v) is 3.84. The molecule has 0 bridgehead atoms. The van der Waals surface area contributed by atoms with E-state index in [-0.39, 0.29) is 0 Å². The molecule has 0 aromatic heterocycles. The van der Waals surface area contributed by atoms with Crippen LogP contribution in [0.25, 0.3) is 0 Å². The molecule has 2 heteroatoms. The van der Waals surface area contributed by atoms with Crippen molar-refractivity contribution in [3.63, 3.8) is 0 Å². The predicted molar refractivity (Wildman–Crippen MR) is 44.0 cm³/mol. The smallest absolute Gasteiger partial charge is 0.0508 e. The zero-order chi connectivity index (χ0) is 7.40. The van der Waals surface area contributed by atoms with Crippen LogP contribution in [0.4, 0.5) is 0 Å². The van der Waals surface area contributed by atoms with E-state index in [0.29, 0.717) is 0 Å². The Bertz CT molecular complexity index is 193. The van der Waals surface area contributed by atoms with Crippen LogP contribution in [0, 0.1) is 6.92 Å². The number of rotatable bonds is 2. The third-order valence-corrected chi connectivity index (χ3v) is 1.83. The van der Waals surface area contributed by atoms with E-state index in [1.165, 1.54) is 17.6 Å². The average Bonchev–Trinajstić information content (AvgIpc) is 1.95. The van der Waals surface area contributed by atoms with E-state index in [4.69, 9.17) is 4.18 Å². The van der Waals surface area contributed by atoms with Crippen molar-refractivity contribution in [2.75, 3.05) is 7.11 Å². The Hall–Kier alpha value is -0.470. The summed E-state index contributed by atoms with van der Waals surface area (Å²) < 4.78 is 4.88. The van der Waals surface area contributed by atoms with E-state index < -0.39 is 0 Å². The summed E-state index contributed by atoms with van der Waals surface area (Å²) in [7, 11) is 1.67. The summed E-state index contributed by atoms with van der Waals surface area (Å²) in [6.45, 7) is 2.07. The monoisotopic (exact) mass is 154 g/mol. The molecule has 10 heavy (non-hydrogen) atoms. The van der Waals surface area contributed by atoms with Gasteiger partial charge in [0.25, 0.3) is 0 Å². The van der Waals surface area contributed by atoms with Crippen molar-refractivity contribution in [1.29, 1.82) is 0 Å². The second-order valence-corrected chi connectivity index (χ2v) is 3.03. The molecule has 0 aliphatic heterocycles. The molecule has 1 nitrogen and oxygen atoms in total. The van der Waals surface area contributed by atoms with Crippen LogP contribution in [0.3, 0.4) is 0 Å². The van der Waals surface area contributed by atoms with Gasteiger partial charge in [0, 0.05) is 16.9 Å². The fraction of sp³-hybridized carbons (Fsp3) is 0.250. The molecule has 0 saturated carbocycles. The molecule has 0 N–H and O–H groups in total. The molecule has 0 radical (unpaired) electrons. The lowest BCUT2D eigenvalue weighted by Gasteiger charge is -1.96. The molecule has 0 unspecified atom stereocenters. The van der Waals surface area contributed by atoms with Gasteiger partial charge in [-0.2, -0.15) is 0 Å². The van der Waals surface area contributed by atoms with Crippen molar-refractivity contribution in [3.05, 3.63) is 29.8 Å². The summed E-state index contributed by atoms with van der Waals surface area (Å²) in [4.78, 5) is 1.15. The maximum atomic E-state index is 4.88. The van der Waals surface area contributed by atoms with Gasteiger partial charge in [-0.1, -0.05) is 17.7 Å². The highest BCUT2D eigenvalue weighted by atomic mass is 32.2. The topological polar surface area (TPSA) is 9.23 Å².